The van der Waals surface area contributed by atoms with Gasteiger partial charge in [0.2, 0.25) is 0 Å². The summed E-state index contributed by atoms with van der Waals surface area (Å²) in [6, 6.07) is 0. The maximum absolute atomic E-state index is 11.1. The van der Waals surface area contributed by atoms with Crippen LogP contribution in [0, 0.1) is 0 Å². The quantitative estimate of drug-likeness (QED) is 0.555. The number of nitrogens with zero attached hydrogens (tertiary/aromatic N) is 1. The van der Waals surface area contributed by atoms with Crippen LogP contribution >= 0.6 is 0 Å². The number of hydrogen-bond donors (Lipinski definition) is 2. The van der Waals surface area contributed by atoms with Gasteiger partial charge >= 0.3 is 6.09 Å². The molecule has 1 aliphatic heterocycles. The van der Waals surface area contributed by atoms with Gasteiger partial charge in [0, 0.05) is 13.1 Å². The number of carbonyl (C=O) groups excluding carboxylic acids is 1. The SMILES string of the molecule is CCOC(=O)N1CCNC(O)C1. The van der Waals surface area contributed by atoms with Gasteiger partial charge in [0.1, 0.15) is 6.23 Å². The van der Waals surface area contributed by atoms with Crippen LogP contribution in [0.15, 0.2) is 0 Å². The number of β-amino-alcohol motifs (C(OH)–C–C–N with tert-alkyl or cyclic N) is 1. The molecule has 1 atom stereocenters. The minimum absolute atomic E-state index is 0.304. The first-order chi connectivity index (χ1) is 5.74. The average molecular weight is 174 g/mol. The smallest absolute Gasteiger partial charge is 0.409 e. The standard InChI is InChI=1S/C7H14N2O3/c1-2-12-7(11)9-4-3-8-6(10)5-9/h6,8,10H,2-5H2,1H3. The van der Waals surface area contributed by atoms with Crippen molar-refractivity contribution in [1.82, 2.24) is 10.2 Å². The summed E-state index contributed by atoms with van der Waals surface area (Å²) < 4.78 is 4.78. The molecule has 0 bridgehead atoms. The van der Waals surface area contributed by atoms with Crippen molar-refractivity contribution in [1.29, 1.82) is 0 Å². The normalized spacial score (nSPS) is 23.8. The minimum Gasteiger partial charge on any atom is -0.450 e. The van der Waals surface area contributed by atoms with Gasteiger partial charge in [-0.2, -0.15) is 0 Å². The summed E-state index contributed by atoms with van der Waals surface area (Å²) in [5, 5.41) is 12.0. The number of rotatable bonds is 1. The molecule has 1 unspecified atom stereocenters. The van der Waals surface area contributed by atoms with Crippen molar-refractivity contribution in [2.75, 3.05) is 26.2 Å². The van der Waals surface area contributed by atoms with Gasteiger partial charge in [-0.1, -0.05) is 0 Å². The van der Waals surface area contributed by atoms with Gasteiger partial charge < -0.3 is 14.7 Å². The molecule has 1 rings (SSSR count). The first-order valence-corrected chi connectivity index (χ1v) is 4.07. The lowest BCUT2D eigenvalue weighted by molar-refractivity contribution is 0.0410. The lowest BCUT2D eigenvalue weighted by Gasteiger charge is -2.29. The van der Waals surface area contributed by atoms with Gasteiger partial charge in [-0.25, -0.2) is 4.79 Å². The van der Waals surface area contributed by atoms with Crippen molar-refractivity contribution in [3.8, 4) is 0 Å². The van der Waals surface area contributed by atoms with E-state index in [1.165, 1.54) is 4.90 Å². The van der Waals surface area contributed by atoms with Crippen molar-refractivity contribution < 1.29 is 14.6 Å². The van der Waals surface area contributed by atoms with Crippen LogP contribution in [0.5, 0.6) is 0 Å². The molecule has 2 N–H and O–H groups in total. The summed E-state index contributed by atoms with van der Waals surface area (Å²) in [6.45, 7) is 3.64. The Morgan fingerprint density at radius 1 is 1.83 bits per heavy atom. The molecule has 0 radical (unpaired) electrons. The summed E-state index contributed by atoms with van der Waals surface area (Å²) in [5.74, 6) is 0. The highest BCUT2D eigenvalue weighted by Gasteiger charge is 2.21. The molecule has 0 aromatic carbocycles. The van der Waals surface area contributed by atoms with E-state index in [0.717, 1.165) is 0 Å². The summed E-state index contributed by atoms with van der Waals surface area (Å²) in [5.41, 5.74) is 0. The largest absolute Gasteiger partial charge is 0.450 e. The number of ether oxygens (including phenoxy) is 1. The maximum atomic E-state index is 11.1. The van der Waals surface area contributed by atoms with Crippen LogP contribution in [0.2, 0.25) is 0 Å². The molecular formula is C7H14N2O3. The van der Waals surface area contributed by atoms with Crippen molar-refractivity contribution in [2.45, 2.75) is 13.2 Å². The summed E-state index contributed by atoms with van der Waals surface area (Å²) >= 11 is 0. The third-order valence-corrected chi connectivity index (χ3v) is 1.68. The molecule has 1 aliphatic rings. The van der Waals surface area contributed by atoms with E-state index in [1.807, 2.05) is 0 Å². The van der Waals surface area contributed by atoms with Crippen LogP contribution < -0.4 is 5.32 Å². The summed E-state index contributed by atoms with van der Waals surface area (Å²) in [7, 11) is 0. The van der Waals surface area contributed by atoms with Crippen LogP contribution in [0.25, 0.3) is 0 Å². The van der Waals surface area contributed by atoms with Gasteiger partial charge in [-0.05, 0) is 6.92 Å². The van der Waals surface area contributed by atoms with Gasteiger partial charge in [-0.3, -0.25) is 5.32 Å². The molecule has 70 valence electrons. The molecule has 0 aromatic rings. The van der Waals surface area contributed by atoms with Crippen LogP contribution in [0.3, 0.4) is 0 Å². The zero-order valence-electron chi connectivity index (χ0n) is 7.12. The Morgan fingerprint density at radius 3 is 3.17 bits per heavy atom. The third kappa shape index (κ3) is 2.35. The Labute approximate surface area is 71.3 Å². The van der Waals surface area contributed by atoms with E-state index < -0.39 is 6.23 Å². The van der Waals surface area contributed by atoms with Gasteiger partial charge in [0.15, 0.2) is 0 Å². The number of amides is 1. The van der Waals surface area contributed by atoms with E-state index >= 15 is 0 Å². The van der Waals surface area contributed by atoms with Crippen molar-refractivity contribution in [3.05, 3.63) is 0 Å². The number of aliphatic hydroxyl groups excluding tert-OH is 1. The molecule has 1 heterocycles. The van der Waals surface area contributed by atoms with Crippen LogP contribution in [-0.4, -0.2) is 48.6 Å². The molecular weight excluding hydrogens is 160 g/mol. The first-order valence-electron chi connectivity index (χ1n) is 4.07. The average Bonchev–Trinajstić information content (AvgIpc) is 2.05. The second kappa shape index (κ2) is 4.27. The van der Waals surface area contributed by atoms with Crippen LogP contribution in [0.4, 0.5) is 4.79 Å². The Hall–Kier alpha value is -0.810. The molecule has 0 aromatic heterocycles. The fourth-order valence-corrected chi connectivity index (χ4v) is 1.11. The summed E-state index contributed by atoms with van der Waals surface area (Å²) in [4.78, 5) is 12.6. The molecule has 1 saturated heterocycles. The van der Waals surface area contributed by atoms with Crippen molar-refractivity contribution in [3.63, 3.8) is 0 Å². The van der Waals surface area contributed by atoms with Gasteiger partial charge in [0.25, 0.3) is 0 Å². The highest BCUT2D eigenvalue weighted by atomic mass is 16.6. The first kappa shape index (κ1) is 9.28. The lowest BCUT2D eigenvalue weighted by Crippen LogP contribution is -2.52. The van der Waals surface area contributed by atoms with Gasteiger partial charge in [0.05, 0.1) is 13.2 Å². The number of nitrogens with one attached hydrogen (secondary N) is 1. The van der Waals surface area contributed by atoms with Crippen molar-refractivity contribution >= 4 is 6.09 Å². The fourth-order valence-electron chi connectivity index (χ4n) is 1.11. The third-order valence-electron chi connectivity index (χ3n) is 1.68. The molecule has 0 saturated carbocycles. The monoisotopic (exact) mass is 174 g/mol. The highest BCUT2D eigenvalue weighted by molar-refractivity contribution is 5.67. The van der Waals surface area contributed by atoms with E-state index in [1.54, 1.807) is 6.92 Å². The van der Waals surface area contributed by atoms with E-state index in [9.17, 15) is 4.79 Å². The fraction of sp³-hybridized carbons (Fsp3) is 0.857. The molecule has 1 amide bonds. The molecule has 1 fully saturated rings. The molecule has 5 heteroatoms. The molecule has 5 nitrogen and oxygen atoms in total. The minimum atomic E-state index is -0.622. The number of piperazine rings is 1. The van der Waals surface area contributed by atoms with Gasteiger partial charge in [-0.15, -0.1) is 0 Å². The lowest BCUT2D eigenvalue weighted by atomic mass is 10.3. The second-order valence-corrected chi connectivity index (χ2v) is 2.61. The zero-order valence-corrected chi connectivity index (χ0v) is 7.12. The Balaban J connectivity index is 2.35. The Bertz CT molecular complexity index is 163. The second-order valence-electron chi connectivity index (χ2n) is 2.61. The predicted octanol–water partition coefficient (Wildman–Crippen LogP) is -0.634. The van der Waals surface area contributed by atoms with Crippen molar-refractivity contribution in [2.24, 2.45) is 0 Å². The van der Waals surface area contributed by atoms with E-state index in [2.05, 4.69) is 5.32 Å². The Kier molecular flexibility index (Phi) is 3.31. The molecule has 12 heavy (non-hydrogen) atoms. The molecule has 0 spiro atoms. The number of carbonyl (C=O) groups is 1. The van der Waals surface area contributed by atoms with E-state index in [-0.39, 0.29) is 6.09 Å². The highest BCUT2D eigenvalue weighted by Crippen LogP contribution is 1.99. The maximum Gasteiger partial charge on any atom is 0.409 e. The topological polar surface area (TPSA) is 61.8 Å². The van der Waals surface area contributed by atoms with E-state index in [0.29, 0.717) is 26.2 Å². The molecule has 0 aliphatic carbocycles. The van der Waals surface area contributed by atoms with E-state index in [4.69, 9.17) is 9.84 Å². The zero-order chi connectivity index (χ0) is 8.97. The number of aliphatic hydroxyl groups is 1. The number of hydrogen-bond acceptors (Lipinski definition) is 4. The van der Waals surface area contributed by atoms with Crippen LogP contribution in [0.1, 0.15) is 6.92 Å². The summed E-state index contributed by atoms with van der Waals surface area (Å²) in [6.07, 6.45) is -0.971. The van der Waals surface area contributed by atoms with Crippen LogP contribution in [-0.2, 0) is 4.74 Å². The predicted molar refractivity (Wildman–Crippen MR) is 42.6 cm³/mol. The Morgan fingerprint density at radius 2 is 2.58 bits per heavy atom.